The van der Waals surface area contributed by atoms with Gasteiger partial charge < -0.3 is 15.8 Å². The van der Waals surface area contributed by atoms with Gasteiger partial charge in [-0.25, -0.2) is 4.79 Å². The van der Waals surface area contributed by atoms with E-state index in [-0.39, 0.29) is 37.2 Å². The average molecular weight is 503 g/mol. The minimum atomic E-state index is -1.21. The van der Waals surface area contributed by atoms with Crippen LogP contribution in [0.1, 0.15) is 22.3 Å². The van der Waals surface area contributed by atoms with Gasteiger partial charge in [0.2, 0.25) is 11.8 Å². The van der Waals surface area contributed by atoms with E-state index in [0.29, 0.717) is 0 Å². The zero-order valence-electron chi connectivity index (χ0n) is 19.9. The lowest BCUT2D eigenvalue weighted by Crippen LogP contribution is -2.56. The number of amides is 3. The van der Waals surface area contributed by atoms with Crippen LogP contribution in [0.2, 0.25) is 0 Å². The summed E-state index contributed by atoms with van der Waals surface area (Å²) in [6.45, 7) is 0.182. The number of nitrogens with zero attached hydrogens (tertiary/aromatic N) is 2. The Balaban J connectivity index is 1.54. The van der Waals surface area contributed by atoms with Crippen molar-refractivity contribution in [3.63, 3.8) is 0 Å². The highest BCUT2D eigenvalue weighted by Crippen LogP contribution is 2.25. The number of nitrogens with two attached hydrogens (primary N) is 1. The number of rotatable bonds is 8. The van der Waals surface area contributed by atoms with Crippen molar-refractivity contribution >= 4 is 23.6 Å². The van der Waals surface area contributed by atoms with Crippen molar-refractivity contribution in [2.75, 3.05) is 0 Å². The molecule has 1 aliphatic rings. The third kappa shape index (κ3) is 6.10. The molecule has 0 radical (unpaired) electrons. The second-order valence-corrected chi connectivity index (χ2v) is 8.71. The van der Waals surface area contributed by atoms with Gasteiger partial charge in [0.1, 0.15) is 18.7 Å². The third-order valence-electron chi connectivity index (χ3n) is 6.26. The highest BCUT2D eigenvalue weighted by atomic mass is 16.6. The van der Waals surface area contributed by atoms with E-state index in [0.717, 1.165) is 16.7 Å². The Morgan fingerprint density at radius 1 is 1.00 bits per heavy atom. The summed E-state index contributed by atoms with van der Waals surface area (Å²) in [6, 6.07) is 20.4. The quantitative estimate of drug-likeness (QED) is 0.358. The fourth-order valence-corrected chi connectivity index (χ4v) is 4.32. The second kappa shape index (κ2) is 11.3. The van der Waals surface area contributed by atoms with Gasteiger partial charge in [0.15, 0.2) is 0 Å². The van der Waals surface area contributed by atoms with Gasteiger partial charge in [0.25, 0.3) is 5.69 Å². The topological polar surface area (TPSA) is 145 Å². The number of para-hydroxylation sites is 1. The molecule has 0 spiro atoms. The first-order chi connectivity index (χ1) is 17.8. The van der Waals surface area contributed by atoms with Crippen LogP contribution < -0.4 is 11.1 Å². The van der Waals surface area contributed by atoms with Crippen molar-refractivity contribution in [3.8, 4) is 0 Å². The van der Waals surface area contributed by atoms with Gasteiger partial charge >= 0.3 is 6.09 Å². The van der Waals surface area contributed by atoms with E-state index < -0.39 is 34.9 Å². The molecule has 2 atom stereocenters. The number of primary amides is 1. The van der Waals surface area contributed by atoms with Crippen LogP contribution in [-0.4, -0.2) is 39.8 Å². The summed E-state index contributed by atoms with van der Waals surface area (Å²) in [6.07, 6.45) is -0.632. The van der Waals surface area contributed by atoms with Gasteiger partial charge in [-0.2, -0.15) is 0 Å². The third-order valence-corrected chi connectivity index (χ3v) is 6.26. The number of nitro groups is 1. The number of carbonyl (C=O) groups is 3. The fraction of sp³-hybridized carbons (Fsp3) is 0.222. The highest BCUT2D eigenvalue weighted by Gasteiger charge is 2.37. The lowest BCUT2D eigenvalue weighted by molar-refractivity contribution is -0.385. The van der Waals surface area contributed by atoms with E-state index in [4.69, 9.17) is 10.5 Å². The first kappa shape index (κ1) is 25.4. The smallest absolute Gasteiger partial charge is 0.411 e. The Kier molecular flexibility index (Phi) is 7.77. The van der Waals surface area contributed by atoms with E-state index in [1.165, 1.54) is 23.1 Å². The number of nitrogens with one attached hydrogen (secondary N) is 1. The molecular weight excluding hydrogens is 476 g/mol. The SMILES string of the molecule is NC(=O)[C@H](Cc1ccccc1[N+](=O)[O-])NC(=O)[C@@H]1Cc2ccccc2CN1C(=O)OCc1ccccc1. The maximum Gasteiger partial charge on any atom is 0.411 e. The zero-order chi connectivity index (χ0) is 26.4. The van der Waals surface area contributed by atoms with Gasteiger partial charge in [-0.15, -0.1) is 0 Å². The molecular formula is C27H26N4O6. The van der Waals surface area contributed by atoms with Crippen molar-refractivity contribution < 1.29 is 24.0 Å². The Labute approximate surface area is 213 Å². The molecule has 10 heteroatoms. The van der Waals surface area contributed by atoms with Crippen LogP contribution in [0.5, 0.6) is 0 Å². The van der Waals surface area contributed by atoms with Crippen LogP contribution >= 0.6 is 0 Å². The van der Waals surface area contributed by atoms with Crippen LogP contribution in [0, 0.1) is 10.1 Å². The summed E-state index contributed by atoms with van der Waals surface area (Å²) < 4.78 is 5.49. The number of benzene rings is 3. The van der Waals surface area contributed by atoms with E-state index >= 15 is 0 Å². The Morgan fingerprint density at radius 2 is 1.65 bits per heavy atom. The number of hydrogen-bond acceptors (Lipinski definition) is 6. The second-order valence-electron chi connectivity index (χ2n) is 8.71. The molecule has 37 heavy (non-hydrogen) atoms. The van der Waals surface area contributed by atoms with Gasteiger partial charge in [0, 0.05) is 24.5 Å². The van der Waals surface area contributed by atoms with Gasteiger partial charge in [-0.3, -0.25) is 24.6 Å². The molecule has 0 saturated heterocycles. The fourth-order valence-electron chi connectivity index (χ4n) is 4.32. The van der Waals surface area contributed by atoms with Gasteiger partial charge in [-0.05, 0) is 16.7 Å². The highest BCUT2D eigenvalue weighted by molar-refractivity contribution is 5.91. The number of hydrogen-bond donors (Lipinski definition) is 2. The standard InChI is InChI=1S/C27H26N4O6/c28-25(32)22(14-20-11-6-7-13-23(20)31(35)36)29-26(33)24-15-19-10-4-5-12-21(19)16-30(24)27(34)37-17-18-8-2-1-3-9-18/h1-13,22,24H,14-17H2,(H2,28,32)(H,29,33)/t22-,24-/m0/s1. The number of fused-ring (bicyclic) bond motifs is 1. The molecule has 190 valence electrons. The normalized spacial score (nSPS) is 15.2. The Hall–Kier alpha value is -4.73. The van der Waals surface area contributed by atoms with E-state index in [1.54, 1.807) is 6.07 Å². The van der Waals surface area contributed by atoms with Crippen molar-refractivity contribution in [1.29, 1.82) is 0 Å². The van der Waals surface area contributed by atoms with Crippen molar-refractivity contribution in [2.24, 2.45) is 5.73 Å². The summed E-state index contributed by atoms with van der Waals surface area (Å²) in [7, 11) is 0. The molecule has 0 aromatic heterocycles. The lowest BCUT2D eigenvalue weighted by Gasteiger charge is -2.35. The van der Waals surface area contributed by atoms with E-state index in [1.807, 2.05) is 54.6 Å². The summed E-state index contributed by atoms with van der Waals surface area (Å²) in [5.74, 6) is -1.45. The molecule has 3 aromatic carbocycles. The molecule has 10 nitrogen and oxygen atoms in total. The van der Waals surface area contributed by atoms with Gasteiger partial charge in [-0.1, -0.05) is 72.8 Å². The first-order valence-corrected chi connectivity index (χ1v) is 11.7. The number of ether oxygens (including phenoxy) is 1. The minimum absolute atomic E-state index is 0.0355. The van der Waals surface area contributed by atoms with Crippen molar-refractivity contribution in [2.45, 2.75) is 38.1 Å². The van der Waals surface area contributed by atoms with Crippen molar-refractivity contribution in [1.82, 2.24) is 10.2 Å². The average Bonchev–Trinajstić information content (AvgIpc) is 2.91. The van der Waals surface area contributed by atoms with E-state index in [2.05, 4.69) is 5.32 Å². The summed E-state index contributed by atoms with van der Waals surface area (Å²) in [4.78, 5) is 50.9. The lowest BCUT2D eigenvalue weighted by atomic mass is 9.93. The summed E-state index contributed by atoms with van der Waals surface area (Å²) in [5, 5.41) is 14.0. The Morgan fingerprint density at radius 3 is 2.35 bits per heavy atom. The predicted molar refractivity (Wildman–Crippen MR) is 134 cm³/mol. The monoisotopic (exact) mass is 502 g/mol. The zero-order valence-corrected chi connectivity index (χ0v) is 19.9. The Bertz CT molecular complexity index is 1310. The molecule has 0 fully saturated rings. The molecule has 3 aromatic rings. The number of carbonyl (C=O) groups excluding carboxylic acids is 3. The van der Waals surface area contributed by atoms with Crippen LogP contribution in [0.25, 0.3) is 0 Å². The summed E-state index contributed by atoms with van der Waals surface area (Å²) >= 11 is 0. The maximum absolute atomic E-state index is 13.4. The molecule has 0 unspecified atom stereocenters. The number of nitro benzene ring substituents is 1. The van der Waals surface area contributed by atoms with Crippen LogP contribution in [0.4, 0.5) is 10.5 Å². The molecule has 0 saturated carbocycles. The van der Waals surface area contributed by atoms with Crippen molar-refractivity contribution in [3.05, 3.63) is 111 Å². The molecule has 1 aliphatic heterocycles. The molecule has 3 N–H and O–H groups in total. The van der Waals surface area contributed by atoms with Crippen LogP contribution in [0.15, 0.2) is 78.9 Å². The van der Waals surface area contributed by atoms with Crippen LogP contribution in [-0.2, 0) is 40.3 Å². The van der Waals surface area contributed by atoms with E-state index in [9.17, 15) is 24.5 Å². The predicted octanol–water partition coefficient (Wildman–Crippen LogP) is 2.87. The molecule has 3 amide bonds. The largest absolute Gasteiger partial charge is 0.445 e. The maximum atomic E-state index is 13.4. The molecule has 0 bridgehead atoms. The molecule has 4 rings (SSSR count). The molecule has 0 aliphatic carbocycles. The summed E-state index contributed by atoms with van der Waals surface area (Å²) in [5.41, 5.74) is 8.19. The first-order valence-electron chi connectivity index (χ1n) is 11.7. The molecule has 1 heterocycles. The van der Waals surface area contributed by atoms with Crippen LogP contribution in [0.3, 0.4) is 0 Å². The minimum Gasteiger partial charge on any atom is -0.445 e. The van der Waals surface area contributed by atoms with Gasteiger partial charge in [0.05, 0.1) is 11.5 Å².